The number of benzene rings is 2. The monoisotopic (exact) mass is 453 g/mol. The van der Waals surface area contributed by atoms with Crippen molar-refractivity contribution in [3.8, 4) is 5.75 Å². The molecule has 0 unspecified atom stereocenters. The zero-order valence-electron chi connectivity index (χ0n) is 14.8. The van der Waals surface area contributed by atoms with Gasteiger partial charge in [-0.25, -0.2) is 4.79 Å². The summed E-state index contributed by atoms with van der Waals surface area (Å²) in [6.07, 6.45) is 0.330. The van der Waals surface area contributed by atoms with Crippen molar-refractivity contribution >= 4 is 28.7 Å². The van der Waals surface area contributed by atoms with Crippen molar-refractivity contribution in [1.29, 1.82) is 0 Å². The first kappa shape index (κ1) is 19.6. The molecule has 2 rings (SSSR count). The molecule has 0 saturated carbocycles. The number of amides is 1. The van der Waals surface area contributed by atoms with Crippen molar-refractivity contribution in [2.24, 2.45) is 0 Å². The van der Waals surface area contributed by atoms with Gasteiger partial charge in [-0.15, -0.1) is 0 Å². The second kappa shape index (κ2) is 9.08. The van der Waals surface area contributed by atoms with E-state index in [9.17, 15) is 4.79 Å². The highest BCUT2D eigenvalue weighted by atomic mass is 127. The summed E-state index contributed by atoms with van der Waals surface area (Å²) in [5.41, 5.74) is 1.76. The number of rotatable bonds is 6. The van der Waals surface area contributed by atoms with E-state index in [1.165, 1.54) is 0 Å². The Morgan fingerprint density at radius 3 is 2.48 bits per heavy atom. The fourth-order valence-electron chi connectivity index (χ4n) is 2.17. The quantitative estimate of drug-likeness (QED) is 0.631. The summed E-state index contributed by atoms with van der Waals surface area (Å²) < 4.78 is 12.2. The van der Waals surface area contributed by atoms with Crippen molar-refractivity contribution in [3.63, 3.8) is 0 Å². The van der Waals surface area contributed by atoms with Gasteiger partial charge in [-0.1, -0.05) is 36.4 Å². The molecule has 25 heavy (non-hydrogen) atoms. The molecule has 2 aromatic carbocycles. The first-order valence-electron chi connectivity index (χ1n) is 8.25. The van der Waals surface area contributed by atoms with E-state index < -0.39 is 11.7 Å². The third-order valence-corrected chi connectivity index (χ3v) is 4.21. The standard InChI is InChI=1S/C20H24INO3/c1-20(2,3)25-19(23)22-12-11-15-9-10-17(21)18(13-15)24-14-16-7-5-4-6-8-16/h4-10,13H,11-12,14H2,1-3H3,(H,22,23). The molecule has 1 N–H and O–H groups in total. The van der Waals surface area contributed by atoms with Crippen LogP contribution in [0.5, 0.6) is 5.75 Å². The summed E-state index contributed by atoms with van der Waals surface area (Å²) in [7, 11) is 0. The maximum Gasteiger partial charge on any atom is 0.407 e. The molecule has 4 nitrogen and oxygen atoms in total. The van der Waals surface area contributed by atoms with Gasteiger partial charge in [0.15, 0.2) is 0 Å². The third-order valence-electron chi connectivity index (χ3n) is 3.31. The summed E-state index contributed by atoms with van der Waals surface area (Å²) >= 11 is 2.27. The molecule has 0 aliphatic carbocycles. The number of carbonyl (C=O) groups is 1. The number of hydrogen-bond acceptors (Lipinski definition) is 3. The normalized spacial score (nSPS) is 11.0. The van der Waals surface area contributed by atoms with Gasteiger partial charge in [0.25, 0.3) is 0 Å². The largest absolute Gasteiger partial charge is 0.488 e. The second-order valence-electron chi connectivity index (χ2n) is 6.72. The Kier molecular flexibility index (Phi) is 7.11. The van der Waals surface area contributed by atoms with Gasteiger partial charge in [-0.05, 0) is 73.0 Å². The van der Waals surface area contributed by atoms with Gasteiger partial charge in [0.05, 0.1) is 3.57 Å². The summed E-state index contributed by atoms with van der Waals surface area (Å²) in [6.45, 7) is 6.61. The van der Waals surface area contributed by atoms with Crippen LogP contribution in [0.2, 0.25) is 0 Å². The zero-order chi connectivity index (χ0) is 18.3. The molecule has 0 aliphatic heterocycles. The number of hydrogen-bond donors (Lipinski definition) is 1. The Morgan fingerprint density at radius 2 is 1.80 bits per heavy atom. The van der Waals surface area contributed by atoms with Crippen LogP contribution in [0.4, 0.5) is 4.79 Å². The number of alkyl carbamates (subject to hydrolysis) is 1. The predicted molar refractivity (Wildman–Crippen MR) is 108 cm³/mol. The first-order chi connectivity index (χ1) is 11.8. The van der Waals surface area contributed by atoms with E-state index >= 15 is 0 Å². The van der Waals surface area contributed by atoms with Crippen molar-refractivity contribution in [2.45, 2.75) is 39.4 Å². The molecule has 0 fully saturated rings. The lowest BCUT2D eigenvalue weighted by molar-refractivity contribution is 0.0528. The van der Waals surface area contributed by atoms with E-state index in [0.717, 1.165) is 26.9 Å². The summed E-state index contributed by atoms with van der Waals surface area (Å²) in [5, 5.41) is 2.78. The van der Waals surface area contributed by atoms with Crippen LogP contribution in [0.1, 0.15) is 31.9 Å². The summed E-state index contributed by atoms with van der Waals surface area (Å²) in [5.74, 6) is 0.860. The lowest BCUT2D eigenvalue weighted by Crippen LogP contribution is -2.33. The maximum absolute atomic E-state index is 11.7. The molecule has 0 atom stereocenters. The molecule has 2 aromatic rings. The average molecular weight is 453 g/mol. The Morgan fingerprint density at radius 1 is 1.08 bits per heavy atom. The minimum Gasteiger partial charge on any atom is -0.488 e. The van der Waals surface area contributed by atoms with Crippen LogP contribution in [0, 0.1) is 3.57 Å². The Labute approximate surface area is 163 Å². The number of carbonyl (C=O) groups excluding carboxylic acids is 1. The topological polar surface area (TPSA) is 47.6 Å². The molecular weight excluding hydrogens is 429 g/mol. The highest BCUT2D eigenvalue weighted by Gasteiger charge is 2.15. The molecule has 0 bridgehead atoms. The lowest BCUT2D eigenvalue weighted by Gasteiger charge is -2.19. The maximum atomic E-state index is 11.7. The molecule has 0 heterocycles. The number of halogens is 1. The summed E-state index contributed by atoms with van der Waals surface area (Å²) in [4.78, 5) is 11.7. The average Bonchev–Trinajstić information content (AvgIpc) is 2.54. The summed E-state index contributed by atoms with van der Waals surface area (Å²) in [6, 6.07) is 16.2. The van der Waals surface area contributed by atoms with Crippen molar-refractivity contribution in [3.05, 3.63) is 63.2 Å². The van der Waals surface area contributed by atoms with E-state index in [4.69, 9.17) is 9.47 Å². The highest BCUT2D eigenvalue weighted by Crippen LogP contribution is 2.23. The van der Waals surface area contributed by atoms with Crippen LogP contribution in [0.15, 0.2) is 48.5 Å². The first-order valence-corrected chi connectivity index (χ1v) is 9.33. The third kappa shape index (κ3) is 7.34. The number of nitrogens with one attached hydrogen (secondary N) is 1. The van der Waals surface area contributed by atoms with Gasteiger partial charge in [0.2, 0.25) is 0 Å². The minimum atomic E-state index is -0.481. The van der Waals surface area contributed by atoms with Crippen LogP contribution in [-0.4, -0.2) is 18.2 Å². The molecule has 5 heteroatoms. The van der Waals surface area contributed by atoms with Crippen LogP contribution < -0.4 is 10.1 Å². The number of ether oxygens (including phenoxy) is 2. The van der Waals surface area contributed by atoms with E-state index in [-0.39, 0.29) is 0 Å². The van der Waals surface area contributed by atoms with Gasteiger partial charge in [0, 0.05) is 6.54 Å². The molecule has 0 radical (unpaired) electrons. The van der Waals surface area contributed by atoms with Gasteiger partial charge in [-0.2, -0.15) is 0 Å². The van der Waals surface area contributed by atoms with Crippen LogP contribution in [0.3, 0.4) is 0 Å². The fourth-order valence-corrected chi connectivity index (χ4v) is 2.66. The Bertz CT molecular complexity index is 696. The Balaban J connectivity index is 1.87. The van der Waals surface area contributed by atoms with Gasteiger partial charge in [0.1, 0.15) is 18.0 Å². The van der Waals surface area contributed by atoms with Gasteiger partial charge >= 0.3 is 6.09 Å². The fraction of sp³-hybridized carbons (Fsp3) is 0.350. The highest BCUT2D eigenvalue weighted by molar-refractivity contribution is 14.1. The zero-order valence-corrected chi connectivity index (χ0v) is 17.0. The molecular formula is C20H24INO3. The predicted octanol–water partition coefficient (Wildman–Crippen LogP) is 4.94. The van der Waals surface area contributed by atoms with Crippen molar-refractivity contribution in [2.75, 3.05) is 6.54 Å². The van der Waals surface area contributed by atoms with Crippen LogP contribution in [0.25, 0.3) is 0 Å². The van der Waals surface area contributed by atoms with Gasteiger partial charge in [-0.3, -0.25) is 0 Å². The molecule has 0 aromatic heterocycles. The van der Waals surface area contributed by atoms with E-state index in [1.807, 2.05) is 69.3 Å². The van der Waals surface area contributed by atoms with Crippen LogP contribution in [-0.2, 0) is 17.8 Å². The SMILES string of the molecule is CC(C)(C)OC(=O)NCCc1ccc(I)c(OCc2ccccc2)c1. The smallest absolute Gasteiger partial charge is 0.407 e. The van der Waals surface area contributed by atoms with Gasteiger partial charge < -0.3 is 14.8 Å². The van der Waals surface area contributed by atoms with E-state index in [2.05, 4.69) is 27.9 Å². The Hall–Kier alpha value is -1.76. The lowest BCUT2D eigenvalue weighted by atomic mass is 10.1. The van der Waals surface area contributed by atoms with E-state index in [0.29, 0.717) is 13.2 Å². The van der Waals surface area contributed by atoms with Crippen molar-refractivity contribution in [1.82, 2.24) is 5.32 Å². The van der Waals surface area contributed by atoms with Crippen LogP contribution >= 0.6 is 22.6 Å². The molecule has 0 aliphatic rings. The second-order valence-corrected chi connectivity index (χ2v) is 7.88. The minimum absolute atomic E-state index is 0.390. The van der Waals surface area contributed by atoms with Crippen molar-refractivity contribution < 1.29 is 14.3 Å². The molecule has 1 amide bonds. The molecule has 134 valence electrons. The molecule has 0 spiro atoms. The van der Waals surface area contributed by atoms with E-state index in [1.54, 1.807) is 0 Å². The molecule has 0 saturated heterocycles.